The summed E-state index contributed by atoms with van der Waals surface area (Å²) in [5, 5.41) is 4.52. The highest BCUT2D eigenvalue weighted by atomic mass is 19.1. The molecule has 6 rings (SSSR count). The number of halogens is 2. The number of hydrogen-bond acceptors (Lipinski definition) is 7. The third-order valence-electron chi connectivity index (χ3n) is 6.92. The molecule has 1 saturated carbocycles. The van der Waals surface area contributed by atoms with E-state index in [4.69, 9.17) is 24.7 Å². The van der Waals surface area contributed by atoms with E-state index >= 15 is 0 Å². The summed E-state index contributed by atoms with van der Waals surface area (Å²) in [4.78, 5) is 21.1. The molecule has 2 aliphatic rings. The van der Waals surface area contributed by atoms with E-state index in [2.05, 4.69) is 18.2 Å². The highest BCUT2D eigenvalue weighted by Crippen LogP contribution is 2.36. The predicted molar refractivity (Wildman–Crippen MR) is 135 cm³/mol. The molecule has 37 heavy (non-hydrogen) atoms. The Balaban J connectivity index is 1.44. The van der Waals surface area contributed by atoms with Crippen molar-refractivity contribution in [2.75, 3.05) is 18.0 Å². The van der Waals surface area contributed by atoms with Gasteiger partial charge in [0.2, 0.25) is 5.95 Å². The Kier molecular flexibility index (Phi) is 6.06. The van der Waals surface area contributed by atoms with Gasteiger partial charge in [0.05, 0.1) is 36.3 Å². The molecule has 2 fully saturated rings. The van der Waals surface area contributed by atoms with Crippen molar-refractivity contribution in [3.63, 3.8) is 0 Å². The third-order valence-corrected chi connectivity index (χ3v) is 6.92. The van der Waals surface area contributed by atoms with Crippen LogP contribution in [0.15, 0.2) is 30.6 Å². The van der Waals surface area contributed by atoms with Crippen molar-refractivity contribution in [3.05, 3.63) is 59.2 Å². The number of aromatic nitrogens is 6. The van der Waals surface area contributed by atoms with Crippen LogP contribution in [0.25, 0.3) is 22.4 Å². The van der Waals surface area contributed by atoms with Crippen LogP contribution in [-0.2, 0) is 11.2 Å². The lowest BCUT2D eigenvalue weighted by Crippen LogP contribution is -2.43. The Labute approximate surface area is 213 Å². The molecule has 1 aliphatic heterocycles. The monoisotopic (exact) mass is 505 g/mol. The van der Waals surface area contributed by atoms with Crippen LogP contribution < -0.4 is 4.90 Å². The molecule has 10 heteroatoms. The van der Waals surface area contributed by atoms with E-state index in [1.165, 1.54) is 12.1 Å². The van der Waals surface area contributed by atoms with Gasteiger partial charge >= 0.3 is 0 Å². The van der Waals surface area contributed by atoms with Crippen molar-refractivity contribution in [2.45, 2.75) is 64.7 Å². The molecule has 4 heterocycles. The number of anilines is 1. The van der Waals surface area contributed by atoms with Crippen LogP contribution in [-0.4, -0.2) is 48.9 Å². The topological polar surface area (TPSA) is 81.9 Å². The van der Waals surface area contributed by atoms with Gasteiger partial charge in [0.25, 0.3) is 0 Å². The first kappa shape index (κ1) is 23.8. The fraction of sp³-hybridized carbons (Fsp3) is 0.444. The molecule has 1 aromatic carbocycles. The smallest absolute Gasteiger partial charge is 0.228 e. The second-order valence-corrected chi connectivity index (χ2v) is 10.00. The van der Waals surface area contributed by atoms with Crippen LogP contribution >= 0.6 is 0 Å². The summed E-state index contributed by atoms with van der Waals surface area (Å²) in [6, 6.07) is 3.97. The van der Waals surface area contributed by atoms with Crippen LogP contribution in [0.3, 0.4) is 0 Å². The first-order valence-corrected chi connectivity index (χ1v) is 12.8. The second-order valence-electron chi connectivity index (χ2n) is 10.00. The van der Waals surface area contributed by atoms with E-state index < -0.39 is 11.6 Å². The van der Waals surface area contributed by atoms with Crippen molar-refractivity contribution in [3.8, 4) is 11.3 Å². The van der Waals surface area contributed by atoms with Gasteiger partial charge in [-0.1, -0.05) is 13.3 Å². The van der Waals surface area contributed by atoms with E-state index in [-0.39, 0.29) is 17.8 Å². The number of benzene rings is 1. The zero-order valence-electron chi connectivity index (χ0n) is 21.2. The first-order chi connectivity index (χ1) is 17.9. The molecular formula is C27H29F2N7O. The van der Waals surface area contributed by atoms with Crippen LogP contribution in [0.2, 0.25) is 0 Å². The van der Waals surface area contributed by atoms with Gasteiger partial charge in [-0.2, -0.15) is 10.1 Å². The Morgan fingerprint density at radius 2 is 1.92 bits per heavy atom. The van der Waals surface area contributed by atoms with E-state index in [9.17, 15) is 8.78 Å². The van der Waals surface area contributed by atoms with Crippen molar-refractivity contribution in [1.29, 1.82) is 0 Å². The molecule has 1 saturated heterocycles. The van der Waals surface area contributed by atoms with Gasteiger partial charge in [0.1, 0.15) is 28.9 Å². The third kappa shape index (κ3) is 4.66. The normalized spacial score (nSPS) is 20.1. The average Bonchev–Trinajstić information content (AvgIpc) is 3.60. The second kappa shape index (κ2) is 9.41. The van der Waals surface area contributed by atoms with Gasteiger partial charge in [-0.15, -0.1) is 0 Å². The number of rotatable bonds is 6. The minimum atomic E-state index is -0.705. The fourth-order valence-electron chi connectivity index (χ4n) is 4.89. The standard InChI is InChI=1S/C27H29F2N7O/c1-4-5-22-16(3)31-25-24(20-9-6-18(28)10-21(20)29)33-27(34-26(25)32-22)35-12-15(2)37-23(14-35)17-11-30-36(13-17)19-7-8-19/h6,9-11,13,15,19,23H,4-5,7-8,12,14H2,1-3H3. The summed E-state index contributed by atoms with van der Waals surface area (Å²) in [5.74, 6) is -0.936. The van der Waals surface area contributed by atoms with Crippen LogP contribution in [0.5, 0.6) is 0 Å². The van der Waals surface area contributed by atoms with Gasteiger partial charge in [-0.3, -0.25) is 4.68 Å². The van der Waals surface area contributed by atoms with Gasteiger partial charge in [0.15, 0.2) is 5.65 Å². The van der Waals surface area contributed by atoms with Crippen LogP contribution in [0, 0.1) is 18.6 Å². The summed E-state index contributed by atoms with van der Waals surface area (Å²) in [6.07, 6.45) is 7.61. The molecule has 2 atom stereocenters. The van der Waals surface area contributed by atoms with Gasteiger partial charge < -0.3 is 9.64 Å². The zero-order valence-corrected chi connectivity index (χ0v) is 21.2. The fourth-order valence-corrected chi connectivity index (χ4v) is 4.89. The molecule has 192 valence electrons. The predicted octanol–water partition coefficient (Wildman–Crippen LogP) is 5.12. The summed E-state index contributed by atoms with van der Waals surface area (Å²) in [6.45, 7) is 7.04. The number of aryl methyl sites for hydroxylation is 2. The Morgan fingerprint density at radius 1 is 1.08 bits per heavy atom. The highest BCUT2D eigenvalue weighted by molar-refractivity contribution is 5.88. The minimum absolute atomic E-state index is 0.0897. The van der Waals surface area contributed by atoms with Crippen LogP contribution in [0.1, 0.15) is 62.2 Å². The lowest BCUT2D eigenvalue weighted by atomic mass is 10.1. The molecule has 0 spiro atoms. The van der Waals surface area contributed by atoms with Crippen LogP contribution in [0.4, 0.5) is 14.7 Å². The Bertz CT molecular complexity index is 1470. The van der Waals surface area contributed by atoms with Crippen molar-refractivity contribution in [1.82, 2.24) is 29.7 Å². The summed E-state index contributed by atoms with van der Waals surface area (Å²) in [7, 11) is 0. The van der Waals surface area contributed by atoms with Crippen molar-refractivity contribution < 1.29 is 13.5 Å². The first-order valence-electron chi connectivity index (χ1n) is 12.8. The van der Waals surface area contributed by atoms with E-state index in [0.29, 0.717) is 41.9 Å². The SMILES string of the molecule is CCCc1nc2nc(N3CC(C)OC(c4cnn(C5CC5)c4)C3)nc(-c3ccc(F)cc3F)c2nc1C. The summed E-state index contributed by atoms with van der Waals surface area (Å²) >= 11 is 0. The summed E-state index contributed by atoms with van der Waals surface area (Å²) in [5.41, 5.74) is 3.87. The molecule has 0 radical (unpaired) electrons. The lowest BCUT2D eigenvalue weighted by molar-refractivity contribution is -0.0178. The van der Waals surface area contributed by atoms with Gasteiger partial charge in [-0.25, -0.2) is 23.7 Å². The van der Waals surface area contributed by atoms with E-state index in [1.54, 1.807) is 0 Å². The number of nitrogens with zero attached hydrogens (tertiary/aromatic N) is 7. The molecule has 4 aromatic rings. The van der Waals surface area contributed by atoms with Gasteiger partial charge in [0, 0.05) is 29.9 Å². The number of morpholine rings is 1. The molecule has 2 unspecified atom stereocenters. The molecule has 0 amide bonds. The maximum atomic E-state index is 15.0. The average molecular weight is 506 g/mol. The van der Waals surface area contributed by atoms with Gasteiger partial charge in [-0.05, 0) is 45.2 Å². The Hall–Kier alpha value is -3.53. The lowest BCUT2D eigenvalue weighted by Gasteiger charge is -2.36. The largest absolute Gasteiger partial charge is 0.367 e. The number of fused-ring (bicyclic) bond motifs is 1. The Morgan fingerprint density at radius 3 is 2.68 bits per heavy atom. The number of ether oxygens (including phenoxy) is 1. The molecule has 0 bridgehead atoms. The maximum Gasteiger partial charge on any atom is 0.228 e. The molecular weight excluding hydrogens is 476 g/mol. The number of hydrogen-bond donors (Lipinski definition) is 0. The highest BCUT2D eigenvalue weighted by Gasteiger charge is 2.32. The summed E-state index contributed by atoms with van der Waals surface area (Å²) < 4.78 is 37.0. The molecule has 0 N–H and O–H groups in total. The van der Waals surface area contributed by atoms with Crippen molar-refractivity contribution in [2.24, 2.45) is 0 Å². The minimum Gasteiger partial charge on any atom is -0.367 e. The quantitative estimate of drug-likeness (QED) is 0.360. The zero-order chi connectivity index (χ0) is 25.7. The maximum absolute atomic E-state index is 15.0. The molecule has 1 aliphatic carbocycles. The van der Waals surface area contributed by atoms with E-state index in [1.807, 2.05) is 29.6 Å². The molecule has 3 aromatic heterocycles. The molecule has 8 nitrogen and oxygen atoms in total. The van der Waals surface area contributed by atoms with Crippen molar-refractivity contribution >= 4 is 17.1 Å². The van der Waals surface area contributed by atoms with E-state index in [0.717, 1.165) is 48.7 Å².